The van der Waals surface area contributed by atoms with E-state index in [4.69, 9.17) is 0 Å². The van der Waals surface area contributed by atoms with Gasteiger partial charge < -0.3 is 10.6 Å². The fraction of sp³-hybridized carbons (Fsp3) is 0.562. The highest BCUT2D eigenvalue weighted by Crippen LogP contribution is 2.25. The Hall–Kier alpha value is -1.35. The highest BCUT2D eigenvalue weighted by atomic mass is 16.2. The molecule has 3 heteroatoms. The molecule has 1 amide bonds. The molecule has 0 aliphatic carbocycles. The number of benzene rings is 1. The van der Waals surface area contributed by atoms with Crippen LogP contribution in [0.5, 0.6) is 0 Å². The largest absolute Gasteiger partial charge is 0.324 e. The van der Waals surface area contributed by atoms with E-state index in [-0.39, 0.29) is 5.91 Å². The maximum Gasteiger partial charge on any atom is 0.244 e. The average Bonchev–Trinajstić information content (AvgIpc) is 2.34. The number of carbonyl (C=O) groups excluding carboxylic acids is 1. The number of hydrogen-bond acceptors (Lipinski definition) is 2. The molecule has 1 aliphatic heterocycles. The summed E-state index contributed by atoms with van der Waals surface area (Å²) >= 11 is 0. The van der Waals surface area contributed by atoms with Gasteiger partial charge in [0, 0.05) is 5.69 Å². The topological polar surface area (TPSA) is 41.1 Å². The first-order chi connectivity index (χ1) is 8.92. The third kappa shape index (κ3) is 2.98. The normalized spacial score (nSPS) is 23.2. The van der Waals surface area contributed by atoms with Gasteiger partial charge in [-0.2, -0.15) is 0 Å². The molecule has 1 aliphatic rings. The van der Waals surface area contributed by atoms with Gasteiger partial charge in [-0.05, 0) is 64.6 Å². The minimum Gasteiger partial charge on any atom is -0.324 e. The van der Waals surface area contributed by atoms with Gasteiger partial charge in [-0.3, -0.25) is 4.79 Å². The second-order valence-corrected chi connectivity index (χ2v) is 5.94. The minimum absolute atomic E-state index is 0.0854. The maximum atomic E-state index is 12.5. The molecule has 1 atom stereocenters. The van der Waals surface area contributed by atoms with Gasteiger partial charge in [-0.25, -0.2) is 0 Å². The molecule has 0 bridgehead atoms. The lowest BCUT2D eigenvalue weighted by atomic mass is 9.89. The van der Waals surface area contributed by atoms with E-state index in [2.05, 4.69) is 29.7 Å². The molecule has 2 rings (SSSR count). The number of anilines is 1. The minimum atomic E-state index is -0.429. The van der Waals surface area contributed by atoms with E-state index in [0.29, 0.717) is 0 Å². The Morgan fingerprint density at radius 3 is 2.37 bits per heavy atom. The maximum absolute atomic E-state index is 12.5. The molecule has 1 fully saturated rings. The van der Waals surface area contributed by atoms with Gasteiger partial charge in [0.1, 0.15) is 0 Å². The molecule has 1 saturated heterocycles. The zero-order valence-electron chi connectivity index (χ0n) is 12.4. The van der Waals surface area contributed by atoms with Crippen LogP contribution in [0, 0.1) is 20.8 Å². The van der Waals surface area contributed by atoms with Crippen molar-refractivity contribution in [2.24, 2.45) is 0 Å². The summed E-state index contributed by atoms with van der Waals surface area (Å²) in [6, 6.07) is 4.22. The van der Waals surface area contributed by atoms with E-state index in [0.717, 1.165) is 42.6 Å². The lowest BCUT2D eigenvalue weighted by Gasteiger charge is -2.33. The SMILES string of the molecule is Cc1cc(C)c(NC(=O)C2(C)CCCCN2)c(C)c1. The molecular weight excluding hydrogens is 236 g/mol. The van der Waals surface area contributed by atoms with Crippen molar-refractivity contribution in [3.05, 3.63) is 28.8 Å². The number of aryl methyl sites for hydroxylation is 3. The van der Waals surface area contributed by atoms with Crippen LogP contribution in [0.25, 0.3) is 0 Å². The molecule has 1 aromatic carbocycles. The predicted octanol–water partition coefficient (Wildman–Crippen LogP) is 3.08. The molecule has 104 valence electrons. The highest BCUT2D eigenvalue weighted by Gasteiger charge is 2.34. The first-order valence-electron chi connectivity index (χ1n) is 7.07. The van der Waals surface area contributed by atoms with Crippen LogP contribution in [-0.2, 0) is 4.79 Å². The number of piperidine rings is 1. The predicted molar refractivity (Wildman–Crippen MR) is 79.5 cm³/mol. The van der Waals surface area contributed by atoms with Gasteiger partial charge in [-0.15, -0.1) is 0 Å². The van der Waals surface area contributed by atoms with Crippen LogP contribution in [-0.4, -0.2) is 18.0 Å². The Bertz CT molecular complexity index is 465. The van der Waals surface area contributed by atoms with E-state index >= 15 is 0 Å². The van der Waals surface area contributed by atoms with Crippen LogP contribution in [0.1, 0.15) is 42.9 Å². The van der Waals surface area contributed by atoms with Crippen molar-refractivity contribution in [3.63, 3.8) is 0 Å². The van der Waals surface area contributed by atoms with Crippen LogP contribution in [0.2, 0.25) is 0 Å². The van der Waals surface area contributed by atoms with Crippen molar-refractivity contribution >= 4 is 11.6 Å². The van der Waals surface area contributed by atoms with Crippen LogP contribution in [0.15, 0.2) is 12.1 Å². The average molecular weight is 260 g/mol. The summed E-state index contributed by atoms with van der Waals surface area (Å²) in [6.45, 7) is 9.10. The Labute approximate surface area is 115 Å². The van der Waals surface area contributed by atoms with Gasteiger partial charge in [0.15, 0.2) is 0 Å². The quantitative estimate of drug-likeness (QED) is 0.858. The fourth-order valence-corrected chi connectivity index (χ4v) is 2.88. The molecule has 0 aromatic heterocycles. The highest BCUT2D eigenvalue weighted by molar-refractivity contribution is 5.99. The molecule has 0 radical (unpaired) electrons. The molecule has 19 heavy (non-hydrogen) atoms. The Kier molecular flexibility index (Phi) is 3.95. The van der Waals surface area contributed by atoms with E-state index in [1.807, 2.05) is 20.8 Å². The lowest BCUT2D eigenvalue weighted by molar-refractivity contribution is -0.122. The van der Waals surface area contributed by atoms with Crippen molar-refractivity contribution in [2.75, 3.05) is 11.9 Å². The monoisotopic (exact) mass is 260 g/mol. The fourth-order valence-electron chi connectivity index (χ4n) is 2.88. The first kappa shape index (κ1) is 14.1. The zero-order chi connectivity index (χ0) is 14.0. The van der Waals surface area contributed by atoms with E-state index in [9.17, 15) is 4.79 Å². The molecule has 1 aromatic rings. The van der Waals surface area contributed by atoms with Crippen LogP contribution in [0.3, 0.4) is 0 Å². The smallest absolute Gasteiger partial charge is 0.244 e. The van der Waals surface area contributed by atoms with Crippen molar-refractivity contribution in [1.29, 1.82) is 0 Å². The Balaban J connectivity index is 2.19. The van der Waals surface area contributed by atoms with Crippen LogP contribution < -0.4 is 10.6 Å². The van der Waals surface area contributed by atoms with Crippen molar-refractivity contribution in [2.45, 2.75) is 52.5 Å². The standard InChI is InChI=1S/C16H24N2O/c1-11-9-12(2)14(13(3)10-11)18-15(19)16(4)7-5-6-8-17-16/h9-10,17H,5-8H2,1-4H3,(H,18,19). The molecule has 1 heterocycles. The third-order valence-electron chi connectivity index (χ3n) is 4.04. The van der Waals surface area contributed by atoms with Crippen molar-refractivity contribution in [1.82, 2.24) is 5.32 Å². The summed E-state index contributed by atoms with van der Waals surface area (Å²) in [5.41, 5.74) is 4.02. The van der Waals surface area contributed by atoms with Crippen molar-refractivity contribution < 1.29 is 4.79 Å². The molecular formula is C16H24N2O. The third-order valence-corrected chi connectivity index (χ3v) is 4.04. The van der Waals surface area contributed by atoms with E-state index in [1.165, 1.54) is 5.56 Å². The Morgan fingerprint density at radius 1 is 1.21 bits per heavy atom. The molecule has 2 N–H and O–H groups in total. The zero-order valence-corrected chi connectivity index (χ0v) is 12.4. The molecule has 1 unspecified atom stereocenters. The van der Waals surface area contributed by atoms with Gasteiger partial charge in [0.25, 0.3) is 0 Å². The van der Waals surface area contributed by atoms with Crippen molar-refractivity contribution in [3.8, 4) is 0 Å². The van der Waals surface area contributed by atoms with Crippen LogP contribution in [0.4, 0.5) is 5.69 Å². The van der Waals surface area contributed by atoms with E-state index < -0.39 is 5.54 Å². The van der Waals surface area contributed by atoms with Gasteiger partial charge in [0.2, 0.25) is 5.91 Å². The summed E-state index contributed by atoms with van der Waals surface area (Å²) in [7, 11) is 0. The Morgan fingerprint density at radius 2 is 1.84 bits per heavy atom. The van der Waals surface area contributed by atoms with Gasteiger partial charge in [-0.1, -0.05) is 17.7 Å². The summed E-state index contributed by atoms with van der Waals surface area (Å²) in [5.74, 6) is 0.0854. The van der Waals surface area contributed by atoms with E-state index in [1.54, 1.807) is 0 Å². The van der Waals surface area contributed by atoms with Gasteiger partial charge >= 0.3 is 0 Å². The summed E-state index contributed by atoms with van der Waals surface area (Å²) < 4.78 is 0. The number of hydrogen-bond donors (Lipinski definition) is 2. The molecule has 0 spiro atoms. The van der Waals surface area contributed by atoms with Crippen LogP contribution >= 0.6 is 0 Å². The first-order valence-corrected chi connectivity index (χ1v) is 7.07. The summed E-state index contributed by atoms with van der Waals surface area (Å²) in [5, 5.41) is 6.47. The summed E-state index contributed by atoms with van der Waals surface area (Å²) in [4.78, 5) is 12.5. The number of carbonyl (C=O) groups is 1. The van der Waals surface area contributed by atoms with Gasteiger partial charge in [0.05, 0.1) is 5.54 Å². The summed E-state index contributed by atoms with van der Waals surface area (Å²) in [6.07, 6.45) is 3.18. The lowest BCUT2D eigenvalue weighted by Crippen LogP contribution is -2.54. The molecule has 0 saturated carbocycles. The number of amides is 1. The number of rotatable bonds is 2. The second kappa shape index (κ2) is 5.33. The number of nitrogens with one attached hydrogen (secondary N) is 2. The second-order valence-electron chi connectivity index (χ2n) is 5.94. The molecule has 3 nitrogen and oxygen atoms in total.